The fourth-order valence-corrected chi connectivity index (χ4v) is 4.86. The van der Waals surface area contributed by atoms with Gasteiger partial charge in [-0.25, -0.2) is 4.79 Å². The summed E-state index contributed by atoms with van der Waals surface area (Å²) in [5.74, 6) is -0.119. The van der Waals surface area contributed by atoms with E-state index in [1.54, 1.807) is 18.2 Å². The van der Waals surface area contributed by atoms with Crippen molar-refractivity contribution in [2.24, 2.45) is 10.9 Å². The number of nitrogens with one attached hydrogen (secondary N) is 1. The first-order valence-corrected chi connectivity index (χ1v) is 10.4. The molecule has 31 heavy (non-hydrogen) atoms. The molecule has 0 saturated carbocycles. The van der Waals surface area contributed by atoms with E-state index in [0.717, 1.165) is 29.7 Å². The standard InChI is InChI=1S/C26H26N2O3/c1-4-21-20-13-17(2)16-26(21,22-10-11-24(29)28-23(22)15-20)27-12-6-8-18-7-5-9-19(14-18)25(30)31-3/h4-14,20H,15-16H2,1-3H3,(H,28,29)/b8-6+,21-4+,27-12+/t20-,26+/m0/s1. The van der Waals surface area contributed by atoms with E-state index in [2.05, 4.69) is 31.0 Å². The third-order valence-electron chi connectivity index (χ3n) is 6.06. The van der Waals surface area contributed by atoms with Gasteiger partial charge in [-0.15, -0.1) is 0 Å². The van der Waals surface area contributed by atoms with Crippen LogP contribution in [-0.4, -0.2) is 24.3 Å². The second kappa shape index (κ2) is 8.34. The highest BCUT2D eigenvalue weighted by Gasteiger charge is 2.46. The summed E-state index contributed by atoms with van der Waals surface area (Å²) < 4.78 is 4.79. The van der Waals surface area contributed by atoms with Crippen LogP contribution in [0.2, 0.25) is 0 Å². The number of aromatic amines is 1. The molecule has 5 nitrogen and oxygen atoms in total. The quantitative estimate of drug-likeness (QED) is 0.451. The van der Waals surface area contributed by atoms with Gasteiger partial charge < -0.3 is 9.72 Å². The number of nitrogens with zero attached hydrogens (tertiary/aromatic N) is 1. The number of carbonyl (C=O) groups excluding carboxylic acids is 1. The highest BCUT2D eigenvalue weighted by Crippen LogP contribution is 2.51. The number of esters is 1. The van der Waals surface area contributed by atoms with Crippen LogP contribution >= 0.6 is 0 Å². The molecule has 1 aromatic heterocycles. The molecule has 5 heteroatoms. The normalized spacial score (nSPS) is 23.8. The third kappa shape index (κ3) is 3.83. The highest BCUT2D eigenvalue weighted by molar-refractivity contribution is 5.90. The second-order valence-corrected chi connectivity index (χ2v) is 8.07. The molecule has 0 aliphatic heterocycles. The lowest BCUT2D eigenvalue weighted by Crippen LogP contribution is -2.40. The molecule has 1 heterocycles. The number of hydrogen-bond acceptors (Lipinski definition) is 4. The molecule has 0 spiro atoms. The van der Waals surface area contributed by atoms with Gasteiger partial charge in [0.2, 0.25) is 5.56 Å². The number of hydrogen-bond donors (Lipinski definition) is 1. The summed E-state index contributed by atoms with van der Waals surface area (Å²) >= 11 is 0. The molecule has 0 radical (unpaired) electrons. The van der Waals surface area contributed by atoms with Crippen LogP contribution in [0, 0.1) is 5.92 Å². The summed E-state index contributed by atoms with van der Waals surface area (Å²) in [7, 11) is 1.37. The van der Waals surface area contributed by atoms with Crippen molar-refractivity contribution in [3.63, 3.8) is 0 Å². The Morgan fingerprint density at radius 3 is 2.90 bits per heavy atom. The Bertz CT molecular complexity index is 1200. The number of ether oxygens (including phenoxy) is 1. The first kappa shape index (κ1) is 20.8. The van der Waals surface area contributed by atoms with Crippen LogP contribution < -0.4 is 5.56 Å². The number of H-pyrrole nitrogens is 1. The van der Waals surface area contributed by atoms with E-state index in [1.165, 1.54) is 18.3 Å². The van der Waals surface area contributed by atoms with Gasteiger partial charge in [0.05, 0.1) is 12.7 Å². The zero-order valence-corrected chi connectivity index (χ0v) is 18.0. The van der Waals surface area contributed by atoms with Crippen LogP contribution in [0.25, 0.3) is 6.08 Å². The molecule has 2 aliphatic carbocycles. The zero-order valence-electron chi connectivity index (χ0n) is 18.0. The van der Waals surface area contributed by atoms with Gasteiger partial charge in [-0.05, 0) is 55.7 Å². The van der Waals surface area contributed by atoms with Crippen LogP contribution in [0.3, 0.4) is 0 Å². The lowest BCUT2D eigenvalue weighted by atomic mass is 9.63. The van der Waals surface area contributed by atoms with Crippen molar-refractivity contribution in [2.45, 2.75) is 32.2 Å². The molecule has 0 unspecified atom stereocenters. The fourth-order valence-electron chi connectivity index (χ4n) is 4.86. The monoisotopic (exact) mass is 414 g/mol. The first-order valence-electron chi connectivity index (χ1n) is 10.4. The summed E-state index contributed by atoms with van der Waals surface area (Å²) in [5.41, 5.74) is 5.44. The van der Waals surface area contributed by atoms with Gasteiger partial charge in [-0.3, -0.25) is 9.79 Å². The highest BCUT2D eigenvalue weighted by atomic mass is 16.5. The molecular formula is C26H26N2O3. The first-order chi connectivity index (χ1) is 15.0. The Hall–Kier alpha value is -3.47. The molecule has 158 valence electrons. The van der Waals surface area contributed by atoms with Crippen LogP contribution in [0.15, 0.2) is 75.6 Å². The minimum absolute atomic E-state index is 0.0778. The second-order valence-electron chi connectivity index (χ2n) is 8.07. The van der Waals surface area contributed by atoms with Gasteiger partial charge >= 0.3 is 5.97 Å². The predicted molar refractivity (Wildman–Crippen MR) is 123 cm³/mol. The van der Waals surface area contributed by atoms with Crippen LogP contribution in [0.4, 0.5) is 0 Å². The van der Waals surface area contributed by atoms with Crippen molar-refractivity contribution in [3.8, 4) is 0 Å². The Kier molecular flexibility index (Phi) is 5.59. The van der Waals surface area contributed by atoms with Crippen LogP contribution in [-0.2, 0) is 16.7 Å². The molecule has 2 atom stereocenters. The number of carbonyl (C=O) groups is 1. The summed E-state index contributed by atoms with van der Waals surface area (Å²) in [6, 6.07) is 10.8. The molecule has 2 aliphatic rings. The van der Waals surface area contributed by atoms with Gasteiger partial charge in [-0.1, -0.05) is 35.9 Å². The van der Waals surface area contributed by atoms with Gasteiger partial charge in [0, 0.05) is 35.9 Å². The van der Waals surface area contributed by atoms with Gasteiger partial charge in [0.15, 0.2) is 0 Å². The number of pyridine rings is 1. The maximum Gasteiger partial charge on any atom is 0.337 e. The van der Waals surface area contributed by atoms with Crippen molar-refractivity contribution < 1.29 is 9.53 Å². The Balaban J connectivity index is 1.71. The van der Waals surface area contributed by atoms with Gasteiger partial charge in [0.1, 0.15) is 5.54 Å². The molecule has 0 amide bonds. The summed E-state index contributed by atoms with van der Waals surface area (Å²) in [6.07, 6.45) is 11.7. The number of methoxy groups -OCH3 is 1. The molecule has 1 N–H and O–H groups in total. The topological polar surface area (TPSA) is 71.5 Å². The summed E-state index contributed by atoms with van der Waals surface area (Å²) in [5, 5.41) is 0. The maximum atomic E-state index is 11.9. The minimum atomic E-state index is -0.506. The molecule has 2 bridgehead atoms. The van der Waals surface area contributed by atoms with Crippen molar-refractivity contribution in [2.75, 3.05) is 7.11 Å². The lowest BCUT2D eigenvalue weighted by molar-refractivity contribution is 0.0600. The molecule has 0 fully saturated rings. The van der Waals surface area contributed by atoms with Crippen molar-refractivity contribution in [3.05, 3.63) is 98.5 Å². The average molecular weight is 415 g/mol. The number of rotatable bonds is 4. The van der Waals surface area contributed by atoms with Gasteiger partial charge in [0.25, 0.3) is 0 Å². The van der Waals surface area contributed by atoms with E-state index in [1.807, 2.05) is 36.6 Å². The van der Waals surface area contributed by atoms with Crippen LogP contribution in [0.1, 0.15) is 47.4 Å². The zero-order chi connectivity index (χ0) is 22.0. The Morgan fingerprint density at radius 2 is 2.13 bits per heavy atom. The van der Waals surface area contributed by atoms with Crippen molar-refractivity contribution in [1.29, 1.82) is 0 Å². The average Bonchev–Trinajstić information content (AvgIpc) is 2.75. The SMILES string of the molecule is C/C=C1\[C@H]2C=C(C)C[C@]1(/N=C/C=C/c1cccc(C(=O)OC)c1)c1ccc(=O)[nH]c1C2. The third-order valence-corrected chi connectivity index (χ3v) is 6.06. The fraction of sp³-hybridized carbons (Fsp3) is 0.269. The molecule has 0 saturated heterocycles. The van der Waals surface area contributed by atoms with E-state index in [4.69, 9.17) is 9.73 Å². The molecular weight excluding hydrogens is 388 g/mol. The number of benzene rings is 1. The van der Waals surface area contributed by atoms with E-state index >= 15 is 0 Å². The number of aromatic nitrogens is 1. The smallest absolute Gasteiger partial charge is 0.337 e. The van der Waals surface area contributed by atoms with E-state index < -0.39 is 5.54 Å². The van der Waals surface area contributed by atoms with Crippen molar-refractivity contribution >= 4 is 18.3 Å². The van der Waals surface area contributed by atoms with Crippen molar-refractivity contribution in [1.82, 2.24) is 4.98 Å². The maximum absolute atomic E-state index is 11.9. The van der Waals surface area contributed by atoms with Gasteiger partial charge in [-0.2, -0.15) is 0 Å². The predicted octanol–water partition coefficient (Wildman–Crippen LogP) is 4.61. The summed E-state index contributed by atoms with van der Waals surface area (Å²) in [4.78, 5) is 31.8. The van der Waals surface area contributed by atoms with Crippen LogP contribution in [0.5, 0.6) is 0 Å². The van der Waals surface area contributed by atoms with E-state index in [0.29, 0.717) is 5.56 Å². The van der Waals surface area contributed by atoms with E-state index in [-0.39, 0.29) is 17.4 Å². The number of aliphatic imine (C=N–C) groups is 1. The molecule has 1 aromatic carbocycles. The minimum Gasteiger partial charge on any atom is -0.465 e. The molecule has 4 rings (SSSR count). The lowest BCUT2D eigenvalue weighted by Gasteiger charge is -2.45. The number of allylic oxidation sites excluding steroid dienone is 3. The Morgan fingerprint density at radius 1 is 1.29 bits per heavy atom. The number of fused-ring (bicyclic) bond motifs is 4. The molecule has 2 aromatic rings. The van der Waals surface area contributed by atoms with E-state index in [9.17, 15) is 9.59 Å². The Labute approximate surface area is 181 Å². The largest absolute Gasteiger partial charge is 0.465 e. The summed E-state index contributed by atoms with van der Waals surface area (Å²) in [6.45, 7) is 4.21.